The number of para-hydroxylation sites is 1. The summed E-state index contributed by atoms with van der Waals surface area (Å²) in [6.07, 6.45) is 1.81. The molecular formula is C14H18N2O. The van der Waals surface area contributed by atoms with E-state index in [4.69, 9.17) is 10.5 Å². The summed E-state index contributed by atoms with van der Waals surface area (Å²) in [6.45, 7) is 4.73. The number of aromatic nitrogens is 1. The summed E-state index contributed by atoms with van der Waals surface area (Å²) in [6, 6.07) is 9.91. The van der Waals surface area contributed by atoms with Crippen LogP contribution in [0.15, 0.2) is 36.5 Å². The molecule has 0 aliphatic heterocycles. The van der Waals surface area contributed by atoms with Crippen LogP contribution in [0.4, 0.5) is 0 Å². The van der Waals surface area contributed by atoms with Crippen LogP contribution in [0.5, 0.6) is 5.75 Å². The van der Waals surface area contributed by atoms with Gasteiger partial charge in [-0.05, 0) is 18.1 Å². The minimum absolute atomic E-state index is 0.0302. The highest BCUT2D eigenvalue weighted by molar-refractivity contribution is 5.84. The van der Waals surface area contributed by atoms with Crippen molar-refractivity contribution in [1.29, 1.82) is 0 Å². The van der Waals surface area contributed by atoms with E-state index in [2.05, 4.69) is 18.8 Å². The molecule has 0 amide bonds. The van der Waals surface area contributed by atoms with E-state index in [0.717, 1.165) is 16.7 Å². The quantitative estimate of drug-likeness (QED) is 0.878. The Morgan fingerprint density at radius 1 is 1.24 bits per heavy atom. The van der Waals surface area contributed by atoms with Crippen molar-refractivity contribution >= 4 is 10.9 Å². The summed E-state index contributed by atoms with van der Waals surface area (Å²) in [4.78, 5) is 4.36. The first-order valence-electron chi connectivity index (χ1n) is 5.93. The number of rotatable bonds is 4. The Balaban J connectivity index is 2.35. The van der Waals surface area contributed by atoms with Crippen molar-refractivity contribution in [2.45, 2.75) is 20.0 Å². The van der Waals surface area contributed by atoms with Gasteiger partial charge >= 0.3 is 0 Å². The Morgan fingerprint density at radius 3 is 2.71 bits per heavy atom. The van der Waals surface area contributed by atoms with Gasteiger partial charge in [-0.15, -0.1) is 0 Å². The molecule has 1 unspecified atom stereocenters. The normalized spacial score (nSPS) is 12.9. The van der Waals surface area contributed by atoms with Crippen molar-refractivity contribution in [3.63, 3.8) is 0 Å². The molecule has 0 aliphatic carbocycles. The Labute approximate surface area is 102 Å². The Bertz CT molecular complexity index is 491. The van der Waals surface area contributed by atoms with Gasteiger partial charge in [-0.25, -0.2) is 0 Å². The second kappa shape index (κ2) is 5.15. The van der Waals surface area contributed by atoms with Gasteiger partial charge in [0.1, 0.15) is 17.4 Å². The topological polar surface area (TPSA) is 48.1 Å². The highest BCUT2D eigenvalue weighted by Gasteiger charge is 2.14. The lowest BCUT2D eigenvalue weighted by Gasteiger charge is -2.21. The number of benzene rings is 1. The molecule has 1 aromatic carbocycles. The van der Waals surface area contributed by atoms with Crippen LogP contribution in [0.1, 0.15) is 13.8 Å². The molecule has 17 heavy (non-hydrogen) atoms. The molecule has 1 heterocycles. The van der Waals surface area contributed by atoms with Crippen LogP contribution < -0.4 is 10.5 Å². The summed E-state index contributed by atoms with van der Waals surface area (Å²) in [5, 5.41) is 1.09. The van der Waals surface area contributed by atoms with Gasteiger partial charge in [0.2, 0.25) is 0 Å². The molecule has 2 N–H and O–H groups in total. The fraction of sp³-hybridized carbons (Fsp3) is 0.357. The minimum Gasteiger partial charge on any atom is -0.487 e. The molecular weight excluding hydrogens is 212 g/mol. The maximum Gasteiger partial charge on any atom is 0.146 e. The van der Waals surface area contributed by atoms with E-state index in [1.54, 1.807) is 6.20 Å². The number of hydrogen-bond acceptors (Lipinski definition) is 3. The lowest BCUT2D eigenvalue weighted by atomic mass is 10.1. The van der Waals surface area contributed by atoms with E-state index in [-0.39, 0.29) is 6.10 Å². The number of pyridine rings is 1. The molecule has 1 aromatic heterocycles. The van der Waals surface area contributed by atoms with E-state index < -0.39 is 0 Å². The number of nitrogens with two attached hydrogens (primary N) is 1. The SMILES string of the molecule is CC(C)C(CN)Oc1cccc2cccnc12. The van der Waals surface area contributed by atoms with Crippen molar-refractivity contribution in [3.8, 4) is 5.75 Å². The zero-order valence-electron chi connectivity index (χ0n) is 10.3. The van der Waals surface area contributed by atoms with Crippen molar-refractivity contribution in [3.05, 3.63) is 36.5 Å². The third-order valence-electron chi connectivity index (χ3n) is 2.85. The third-order valence-corrected chi connectivity index (χ3v) is 2.85. The van der Waals surface area contributed by atoms with Crippen molar-refractivity contribution < 1.29 is 4.74 Å². The molecule has 90 valence electrons. The Kier molecular flexibility index (Phi) is 3.59. The fourth-order valence-electron chi connectivity index (χ4n) is 1.79. The highest BCUT2D eigenvalue weighted by Crippen LogP contribution is 2.25. The molecule has 0 saturated heterocycles. The molecule has 0 fully saturated rings. The largest absolute Gasteiger partial charge is 0.487 e. The first-order valence-corrected chi connectivity index (χ1v) is 5.93. The molecule has 0 saturated carbocycles. The third kappa shape index (κ3) is 2.56. The molecule has 0 radical (unpaired) electrons. The van der Waals surface area contributed by atoms with E-state index in [1.165, 1.54) is 0 Å². The van der Waals surface area contributed by atoms with Crippen molar-refractivity contribution in [2.75, 3.05) is 6.54 Å². The van der Waals surface area contributed by atoms with E-state index >= 15 is 0 Å². The average Bonchev–Trinajstić information content (AvgIpc) is 2.35. The minimum atomic E-state index is 0.0302. The molecule has 3 heteroatoms. The van der Waals surface area contributed by atoms with E-state index in [0.29, 0.717) is 12.5 Å². The lowest BCUT2D eigenvalue weighted by Crippen LogP contribution is -2.31. The summed E-state index contributed by atoms with van der Waals surface area (Å²) in [5.74, 6) is 1.20. The fourth-order valence-corrected chi connectivity index (χ4v) is 1.79. The Hall–Kier alpha value is -1.61. The maximum absolute atomic E-state index is 5.95. The van der Waals surface area contributed by atoms with Crippen LogP contribution >= 0.6 is 0 Å². The van der Waals surface area contributed by atoms with Crippen LogP contribution in [0.3, 0.4) is 0 Å². The average molecular weight is 230 g/mol. The number of hydrogen-bond donors (Lipinski definition) is 1. The summed E-state index contributed by atoms with van der Waals surface area (Å²) >= 11 is 0. The second-order valence-electron chi connectivity index (χ2n) is 4.47. The molecule has 2 aromatic rings. The summed E-state index contributed by atoms with van der Waals surface area (Å²) in [7, 11) is 0. The first-order chi connectivity index (χ1) is 8.22. The lowest BCUT2D eigenvalue weighted by molar-refractivity contribution is 0.161. The van der Waals surface area contributed by atoms with Crippen LogP contribution in [-0.4, -0.2) is 17.6 Å². The number of ether oxygens (including phenoxy) is 1. The van der Waals surface area contributed by atoms with Gasteiger partial charge in [0, 0.05) is 18.1 Å². The standard InChI is InChI=1S/C14H18N2O/c1-10(2)13(9-15)17-12-7-3-5-11-6-4-8-16-14(11)12/h3-8,10,13H,9,15H2,1-2H3. The predicted octanol–water partition coefficient (Wildman–Crippen LogP) is 2.60. The van der Waals surface area contributed by atoms with Crippen molar-refractivity contribution in [2.24, 2.45) is 11.7 Å². The first kappa shape index (κ1) is 11.9. The summed E-state index contributed by atoms with van der Waals surface area (Å²) < 4.78 is 5.95. The van der Waals surface area contributed by atoms with Crippen molar-refractivity contribution in [1.82, 2.24) is 4.98 Å². The van der Waals surface area contributed by atoms with Gasteiger partial charge in [-0.2, -0.15) is 0 Å². The van der Waals surface area contributed by atoms with Crippen LogP contribution in [0, 0.1) is 5.92 Å². The molecule has 0 spiro atoms. The predicted molar refractivity (Wildman–Crippen MR) is 70.1 cm³/mol. The summed E-state index contributed by atoms with van der Waals surface area (Å²) in [5.41, 5.74) is 6.62. The van der Waals surface area contributed by atoms with Crippen LogP contribution in [0.25, 0.3) is 10.9 Å². The van der Waals surface area contributed by atoms with Gasteiger partial charge in [-0.3, -0.25) is 4.98 Å². The smallest absolute Gasteiger partial charge is 0.146 e. The van der Waals surface area contributed by atoms with E-state index in [1.807, 2.05) is 30.3 Å². The molecule has 2 rings (SSSR count). The van der Waals surface area contributed by atoms with Gasteiger partial charge in [0.15, 0.2) is 0 Å². The maximum atomic E-state index is 5.95. The van der Waals surface area contributed by atoms with Gasteiger partial charge in [0.25, 0.3) is 0 Å². The van der Waals surface area contributed by atoms with Gasteiger partial charge in [0.05, 0.1) is 0 Å². The number of fused-ring (bicyclic) bond motifs is 1. The van der Waals surface area contributed by atoms with Crippen LogP contribution in [0.2, 0.25) is 0 Å². The van der Waals surface area contributed by atoms with E-state index in [9.17, 15) is 0 Å². The molecule has 0 aliphatic rings. The zero-order chi connectivity index (χ0) is 12.3. The Morgan fingerprint density at radius 2 is 2.00 bits per heavy atom. The molecule has 0 bridgehead atoms. The van der Waals surface area contributed by atoms with Gasteiger partial charge in [-0.1, -0.05) is 32.0 Å². The zero-order valence-corrected chi connectivity index (χ0v) is 10.3. The van der Waals surface area contributed by atoms with Crippen LogP contribution in [-0.2, 0) is 0 Å². The molecule has 1 atom stereocenters. The number of nitrogens with zero attached hydrogens (tertiary/aromatic N) is 1. The second-order valence-corrected chi connectivity index (χ2v) is 4.47. The van der Waals surface area contributed by atoms with Gasteiger partial charge < -0.3 is 10.5 Å². The molecule has 3 nitrogen and oxygen atoms in total. The highest BCUT2D eigenvalue weighted by atomic mass is 16.5. The monoisotopic (exact) mass is 230 g/mol.